The van der Waals surface area contributed by atoms with Gasteiger partial charge in [0.2, 0.25) is 0 Å². The van der Waals surface area contributed by atoms with Gasteiger partial charge in [-0.2, -0.15) is 0 Å². The highest BCUT2D eigenvalue weighted by Gasteiger charge is 2.27. The topological polar surface area (TPSA) is 108 Å². The highest BCUT2D eigenvalue weighted by atomic mass is 31.2. The van der Waals surface area contributed by atoms with Crippen LogP contribution in [0, 0.1) is 0 Å². The SMILES string of the molecule is CCCCC/C=C/CCCCCCCC(=O)O[C@H](COC(=O)CCCCCCCCCCCCCCC)COP(=O)(O)OCC[N+](C)(C)C. The fraction of sp³-hybridized carbons (Fsp3) is 0.897. The molecule has 0 rings (SSSR count). The number of phosphoric ester groups is 1. The molecule has 0 aliphatic rings. The maximum atomic E-state index is 12.6. The standard InChI is InChI=1S/C39H76NO8P/c1-6-8-10-12-14-16-18-20-22-23-25-27-29-31-38(41)45-35-37(36-47-49(43,44)46-34-33-40(3,4)5)48-39(42)32-30-28-26-24-21-19-17-15-13-11-9-7-2/h15,17,37H,6-14,16,18-36H2,1-5H3/p+1/b17-15+/t37-/m1/s1. The number of quaternary nitrogens is 1. The molecule has 1 unspecified atom stereocenters. The van der Waals surface area contributed by atoms with Crippen molar-refractivity contribution in [1.29, 1.82) is 0 Å². The molecule has 49 heavy (non-hydrogen) atoms. The van der Waals surface area contributed by atoms with Gasteiger partial charge in [0.05, 0.1) is 27.7 Å². The van der Waals surface area contributed by atoms with E-state index >= 15 is 0 Å². The second kappa shape index (κ2) is 32.6. The number of carbonyl (C=O) groups excluding carboxylic acids is 2. The molecule has 1 N–H and O–H groups in total. The van der Waals surface area contributed by atoms with Crippen LogP contribution < -0.4 is 0 Å². The van der Waals surface area contributed by atoms with E-state index in [-0.39, 0.29) is 25.6 Å². The van der Waals surface area contributed by atoms with Crippen LogP contribution in [-0.4, -0.2) is 74.9 Å². The molecule has 0 amide bonds. The first-order chi connectivity index (χ1) is 23.5. The summed E-state index contributed by atoms with van der Waals surface area (Å²) in [7, 11) is 1.48. The lowest BCUT2D eigenvalue weighted by molar-refractivity contribution is -0.870. The molecular weight excluding hydrogens is 641 g/mol. The number of hydrogen-bond acceptors (Lipinski definition) is 7. The van der Waals surface area contributed by atoms with E-state index in [4.69, 9.17) is 18.5 Å². The first-order valence-corrected chi connectivity index (χ1v) is 21.4. The summed E-state index contributed by atoms with van der Waals surface area (Å²) in [5.41, 5.74) is 0. The van der Waals surface area contributed by atoms with Crippen molar-refractivity contribution in [2.45, 2.75) is 180 Å². The van der Waals surface area contributed by atoms with Gasteiger partial charge in [0.25, 0.3) is 0 Å². The van der Waals surface area contributed by atoms with Crippen molar-refractivity contribution in [3.8, 4) is 0 Å². The van der Waals surface area contributed by atoms with Crippen LogP contribution in [0.2, 0.25) is 0 Å². The summed E-state index contributed by atoms with van der Waals surface area (Å²) < 4.78 is 34.2. The number of likely N-dealkylation sites (N-methyl/N-ethyl adjacent to an activating group) is 1. The van der Waals surface area contributed by atoms with Gasteiger partial charge in [-0.25, -0.2) is 4.57 Å². The van der Waals surface area contributed by atoms with Gasteiger partial charge >= 0.3 is 19.8 Å². The van der Waals surface area contributed by atoms with Gasteiger partial charge in [0, 0.05) is 12.8 Å². The molecule has 0 fully saturated rings. The first kappa shape index (κ1) is 47.8. The summed E-state index contributed by atoms with van der Waals surface area (Å²) in [6, 6.07) is 0. The molecule has 0 saturated carbocycles. The van der Waals surface area contributed by atoms with Crippen molar-refractivity contribution in [2.24, 2.45) is 0 Å². The highest BCUT2D eigenvalue weighted by molar-refractivity contribution is 7.47. The monoisotopic (exact) mass is 719 g/mol. The number of hydrogen-bond donors (Lipinski definition) is 1. The molecule has 0 bridgehead atoms. The van der Waals surface area contributed by atoms with E-state index in [9.17, 15) is 19.0 Å². The number of esters is 2. The third-order valence-corrected chi connectivity index (χ3v) is 9.53. The molecule has 0 aliphatic carbocycles. The zero-order valence-corrected chi connectivity index (χ0v) is 33.3. The van der Waals surface area contributed by atoms with E-state index in [2.05, 4.69) is 26.0 Å². The van der Waals surface area contributed by atoms with Gasteiger partial charge in [-0.1, -0.05) is 135 Å². The summed E-state index contributed by atoms with van der Waals surface area (Å²) in [4.78, 5) is 35.2. The zero-order valence-electron chi connectivity index (χ0n) is 32.4. The second-order valence-corrected chi connectivity index (χ2v) is 16.1. The lowest BCUT2D eigenvalue weighted by atomic mass is 10.0. The fourth-order valence-corrected chi connectivity index (χ4v) is 6.10. The molecule has 0 aliphatic heterocycles. The Morgan fingerprint density at radius 2 is 1.04 bits per heavy atom. The first-order valence-electron chi connectivity index (χ1n) is 19.9. The van der Waals surface area contributed by atoms with E-state index in [1.165, 1.54) is 89.9 Å². The predicted molar refractivity (Wildman–Crippen MR) is 201 cm³/mol. The molecule has 0 radical (unpaired) electrons. The van der Waals surface area contributed by atoms with Crippen LogP contribution in [-0.2, 0) is 32.7 Å². The summed E-state index contributed by atoms with van der Waals surface area (Å²) in [6.07, 6.45) is 31.1. The zero-order chi connectivity index (χ0) is 36.5. The normalized spacial score (nSPS) is 13.8. The molecule has 0 aromatic heterocycles. The minimum absolute atomic E-state index is 0.0328. The third kappa shape index (κ3) is 36.3. The smallest absolute Gasteiger partial charge is 0.462 e. The number of nitrogens with zero attached hydrogens (tertiary/aromatic N) is 1. The van der Waals surface area contributed by atoms with E-state index in [0.717, 1.165) is 51.4 Å². The maximum Gasteiger partial charge on any atom is 0.472 e. The Morgan fingerprint density at radius 3 is 1.55 bits per heavy atom. The van der Waals surface area contributed by atoms with Crippen LogP contribution >= 0.6 is 7.82 Å². The van der Waals surface area contributed by atoms with Gasteiger partial charge in [0.1, 0.15) is 19.8 Å². The van der Waals surface area contributed by atoms with Crippen LogP contribution in [0.4, 0.5) is 0 Å². The third-order valence-electron chi connectivity index (χ3n) is 8.55. The summed E-state index contributed by atoms with van der Waals surface area (Å²) in [6.45, 7) is 4.38. The Hall–Kier alpha value is -1.25. The lowest BCUT2D eigenvalue weighted by Crippen LogP contribution is -2.37. The molecule has 2 atom stereocenters. The van der Waals surface area contributed by atoms with Crippen molar-refractivity contribution in [1.82, 2.24) is 0 Å². The van der Waals surface area contributed by atoms with Crippen LogP contribution in [0.5, 0.6) is 0 Å². The Balaban J connectivity index is 4.41. The Kier molecular flexibility index (Phi) is 31.8. The molecule has 0 heterocycles. The van der Waals surface area contributed by atoms with Gasteiger partial charge < -0.3 is 18.9 Å². The van der Waals surface area contributed by atoms with Gasteiger partial charge in [0.15, 0.2) is 6.10 Å². The number of carbonyl (C=O) groups is 2. The number of unbranched alkanes of at least 4 members (excludes halogenated alkanes) is 20. The summed E-state index contributed by atoms with van der Waals surface area (Å²) >= 11 is 0. The minimum atomic E-state index is -4.36. The average Bonchev–Trinajstić information content (AvgIpc) is 3.04. The van der Waals surface area contributed by atoms with Gasteiger partial charge in [-0.05, 0) is 38.5 Å². The molecular formula is C39H77NO8P+. The lowest BCUT2D eigenvalue weighted by Gasteiger charge is -2.24. The fourth-order valence-electron chi connectivity index (χ4n) is 5.36. The summed E-state index contributed by atoms with van der Waals surface area (Å²) in [5.74, 6) is -0.804. The predicted octanol–water partition coefficient (Wildman–Crippen LogP) is 10.6. The van der Waals surface area contributed by atoms with E-state index in [1.54, 1.807) is 0 Å². The second-order valence-electron chi connectivity index (χ2n) is 14.7. The summed E-state index contributed by atoms with van der Waals surface area (Å²) in [5, 5.41) is 0. The molecule has 0 saturated heterocycles. The van der Waals surface area contributed by atoms with E-state index < -0.39 is 26.5 Å². The average molecular weight is 719 g/mol. The Morgan fingerprint density at radius 1 is 0.612 bits per heavy atom. The van der Waals surface area contributed by atoms with Crippen molar-refractivity contribution >= 4 is 19.8 Å². The molecule has 0 spiro atoms. The van der Waals surface area contributed by atoms with Crippen molar-refractivity contribution in [3.05, 3.63) is 12.2 Å². The molecule has 0 aromatic rings. The quantitative estimate of drug-likeness (QED) is 0.0224. The highest BCUT2D eigenvalue weighted by Crippen LogP contribution is 2.43. The molecule has 290 valence electrons. The molecule has 10 heteroatoms. The van der Waals surface area contributed by atoms with Crippen LogP contribution in [0.1, 0.15) is 174 Å². The number of ether oxygens (including phenoxy) is 2. The Bertz CT molecular complexity index is 860. The van der Waals surface area contributed by atoms with E-state index in [1.807, 2.05) is 21.1 Å². The number of phosphoric acid groups is 1. The van der Waals surface area contributed by atoms with Crippen molar-refractivity contribution < 1.29 is 42.1 Å². The number of rotatable bonds is 36. The molecule has 0 aromatic carbocycles. The Labute approximate surface area is 301 Å². The van der Waals surface area contributed by atoms with Crippen LogP contribution in [0.25, 0.3) is 0 Å². The van der Waals surface area contributed by atoms with Gasteiger partial charge in [-0.15, -0.1) is 0 Å². The van der Waals surface area contributed by atoms with Crippen molar-refractivity contribution in [2.75, 3.05) is 47.5 Å². The van der Waals surface area contributed by atoms with Gasteiger partial charge in [-0.3, -0.25) is 18.6 Å². The van der Waals surface area contributed by atoms with E-state index in [0.29, 0.717) is 23.9 Å². The van der Waals surface area contributed by atoms with Crippen molar-refractivity contribution in [3.63, 3.8) is 0 Å². The van der Waals surface area contributed by atoms with Crippen LogP contribution in [0.3, 0.4) is 0 Å². The number of allylic oxidation sites excluding steroid dienone is 2. The van der Waals surface area contributed by atoms with Crippen LogP contribution in [0.15, 0.2) is 12.2 Å². The minimum Gasteiger partial charge on any atom is -0.462 e. The molecule has 9 nitrogen and oxygen atoms in total. The largest absolute Gasteiger partial charge is 0.472 e. The maximum absolute atomic E-state index is 12.6.